The van der Waals surface area contributed by atoms with Crippen molar-refractivity contribution >= 4 is 24.9 Å². The topological polar surface area (TPSA) is 175 Å². The zero-order chi connectivity index (χ0) is 17.6. The van der Waals surface area contributed by atoms with Crippen molar-refractivity contribution < 1.29 is 28.7 Å². The molecule has 3 atom stereocenters. The van der Waals surface area contributed by atoms with Crippen LogP contribution in [0.25, 0.3) is 11.2 Å². The number of rotatable bonds is 4. The fourth-order valence-electron chi connectivity index (χ4n) is 2.71. The van der Waals surface area contributed by atoms with E-state index in [9.17, 15) is 14.5 Å². The minimum absolute atomic E-state index is 0.0195. The number of anilines is 1. The molecule has 2 aromatic heterocycles. The molecule has 12 nitrogen and oxygen atoms in total. The van der Waals surface area contributed by atoms with E-state index in [1.165, 1.54) is 15.5 Å². The van der Waals surface area contributed by atoms with Crippen LogP contribution in [0.15, 0.2) is 11.1 Å². The lowest BCUT2D eigenvalue weighted by molar-refractivity contribution is -0.0426. The number of nitrogens with zero attached hydrogens (tertiary/aromatic N) is 4. The van der Waals surface area contributed by atoms with E-state index in [-0.39, 0.29) is 17.9 Å². The normalized spacial score (nSPS) is 24.8. The Morgan fingerprint density at radius 1 is 1.54 bits per heavy atom. The molecular weight excluding hydrogens is 345 g/mol. The van der Waals surface area contributed by atoms with Crippen LogP contribution in [0.1, 0.15) is 12.6 Å². The van der Waals surface area contributed by atoms with Gasteiger partial charge in [0.2, 0.25) is 5.95 Å². The van der Waals surface area contributed by atoms with Crippen molar-refractivity contribution in [2.75, 3.05) is 12.3 Å². The van der Waals surface area contributed by atoms with Crippen molar-refractivity contribution in [3.8, 4) is 0 Å². The fourth-order valence-corrected chi connectivity index (χ4v) is 3.29. The zero-order valence-corrected chi connectivity index (χ0v) is 13.4. The Kier molecular flexibility index (Phi) is 4.20. The third-order valence-electron chi connectivity index (χ3n) is 3.79. The predicted octanol–water partition coefficient (Wildman–Crippen LogP) is -1.53. The second-order valence-electron chi connectivity index (χ2n) is 5.34. The molecule has 3 heterocycles. The van der Waals surface area contributed by atoms with Crippen LogP contribution < -0.4 is 11.3 Å². The maximum absolute atomic E-state index is 11.9. The summed E-state index contributed by atoms with van der Waals surface area (Å²) in [6, 6.07) is 0. The maximum Gasteiger partial charge on any atom is 0.469 e. The molecule has 1 fully saturated rings. The summed E-state index contributed by atoms with van der Waals surface area (Å²) in [6.07, 6.45) is -1.33. The van der Waals surface area contributed by atoms with Crippen LogP contribution in [0.2, 0.25) is 0 Å². The Morgan fingerprint density at radius 2 is 2.25 bits per heavy atom. The van der Waals surface area contributed by atoms with Crippen molar-refractivity contribution in [1.82, 2.24) is 19.1 Å². The van der Waals surface area contributed by atoms with Gasteiger partial charge in [-0.1, -0.05) is 0 Å². The van der Waals surface area contributed by atoms with Gasteiger partial charge in [-0.15, -0.1) is 0 Å². The average Bonchev–Trinajstić information content (AvgIpc) is 3.07. The third-order valence-corrected chi connectivity index (χ3v) is 4.34. The maximum atomic E-state index is 11.9. The lowest BCUT2D eigenvalue weighted by atomic mass is 10.2. The van der Waals surface area contributed by atoms with E-state index < -0.39 is 38.4 Å². The van der Waals surface area contributed by atoms with Crippen molar-refractivity contribution in [3.05, 3.63) is 16.7 Å². The minimum atomic E-state index is -4.74. The predicted molar refractivity (Wildman–Crippen MR) is 79.7 cm³/mol. The van der Waals surface area contributed by atoms with Gasteiger partial charge in [-0.3, -0.25) is 18.5 Å². The summed E-state index contributed by atoms with van der Waals surface area (Å²) in [5, 5.41) is 9.34. The molecule has 0 bridgehead atoms. The lowest BCUT2D eigenvalue weighted by Gasteiger charge is -2.16. The summed E-state index contributed by atoms with van der Waals surface area (Å²) < 4.78 is 24.2. The van der Waals surface area contributed by atoms with E-state index >= 15 is 0 Å². The van der Waals surface area contributed by atoms with Crippen LogP contribution in [-0.4, -0.2) is 52.8 Å². The average molecular weight is 361 g/mol. The second kappa shape index (κ2) is 5.92. The highest BCUT2D eigenvalue weighted by Gasteiger charge is 2.41. The van der Waals surface area contributed by atoms with Crippen molar-refractivity contribution in [2.45, 2.75) is 24.9 Å². The molecule has 0 aliphatic carbocycles. The van der Waals surface area contributed by atoms with Crippen molar-refractivity contribution in [3.63, 3.8) is 0 Å². The number of fused-ring (bicyclic) bond motifs is 1. The molecule has 24 heavy (non-hydrogen) atoms. The molecule has 132 valence electrons. The molecule has 13 heteroatoms. The number of aromatic nitrogens is 4. The molecule has 1 aliphatic heterocycles. The highest BCUT2D eigenvalue weighted by atomic mass is 31.2. The summed E-state index contributed by atoms with van der Waals surface area (Å²) >= 11 is 0. The summed E-state index contributed by atoms with van der Waals surface area (Å²) in [5.41, 5.74) is 5.50. The molecule has 0 saturated carbocycles. The van der Waals surface area contributed by atoms with Gasteiger partial charge in [0.1, 0.15) is 18.4 Å². The summed E-state index contributed by atoms with van der Waals surface area (Å²) in [6.45, 7) is -0.490. The van der Waals surface area contributed by atoms with Gasteiger partial charge >= 0.3 is 13.4 Å². The molecule has 3 rings (SSSR count). The first kappa shape index (κ1) is 17.0. The molecule has 0 aromatic carbocycles. The number of hydrogen-bond acceptors (Lipinski definition) is 8. The summed E-state index contributed by atoms with van der Waals surface area (Å²) in [5.74, 6) is -0.0195. The van der Waals surface area contributed by atoms with Gasteiger partial charge in [-0.2, -0.15) is 4.98 Å². The number of aliphatic hydroxyl groups is 1. The second-order valence-corrected chi connectivity index (χ2v) is 6.53. The first-order chi connectivity index (χ1) is 11.2. The van der Waals surface area contributed by atoms with Crippen LogP contribution in [0.3, 0.4) is 0 Å². The molecule has 0 radical (unpaired) electrons. The largest absolute Gasteiger partial charge is 0.469 e. The SMILES string of the molecule is Cn1c(N)nc(=O)c2ncn([C@H]3C[C@H](OP(=O)(O)O)[C@@H](CO)O3)c21. The van der Waals surface area contributed by atoms with E-state index in [1.54, 1.807) is 7.05 Å². The first-order valence-corrected chi connectivity index (χ1v) is 8.43. The molecular formula is C11H16N5O7P. The van der Waals surface area contributed by atoms with Gasteiger partial charge in [0, 0.05) is 13.5 Å². The van der Waals surface area contributed by atoms with E-state index in [0.29, 0.717) is 5.65 Å². The molecule has 1 saturated heterocycles. The molecule has 0 unspecified atom stereocenters. The molecule has 1 aliphatic rings. The van der Waals surface area contributed by atoms with Crippen LogP contribution in [0.4, 0.5) is 5.95 Å². The van der Waals surface area contributed by atoms with E-state index in [2.05, 4.69) is 14.5 Å². The summed E-state index contributed by atoms with van der Waals surface area (Å²) in [7, 11) is -3.16. The smallest absolute Gasteiger partial charge is 0.394 e. The first-order valence-electron chi connectivity index (χ1n) is 6.90. The quantitative estimate of drug-likeness (QED) is 0.467. The number of imidazole rings is 1. The Bertz CT molecular complexity index is 874. The highest BCUT2D eigenvalue weighted by Crippen LogP contribution is 2.43. The molecule has 0 amide bonds. The summed E-state index contributed by atoms with van der Waals surface area (Å²) in [4.78, 5) is 37.4. The fraction of sp³-hybridized carbons (Fsp3) is 0.545. The standard InChI is InChI=1S/C11H16N5O7P/c1-15-10-8(9(18)14-11(15)12)13-4-16(10)7-2-5(6(3-17)22-7)23-24(19,20)21/h4-7,17H,2-3H2,1H3,(H2,12,14,18)(H2,19,20,21)/t5-,6+,7+/m0/s1. The molecule has 2 aromatic rings. The van der Waals surface area contributed by atoms with Crippen LogP contribution >= 0.6 is 7.82 Å². The number of aliphatic hydroxyl groups excluding tert-OH is 1. The van der Waals surface area contributed by atoms with Gasteiger partial charge < -0.3 is 25.4 Å². The van der Waals surface area contributed by atoms with Crippen molar-refractivity contribution in [1.29, 1.82) is 0 Å². The number of aryl methyl sites for hydroxylation is 1. The van der Waals surface area contributed by atoms with Gasteiger partial charge in [0.25, 0.3) is 0 Å². The van der Waals surface area contributed by atoms with Gasteiger partial charge in [0.05, 0.1) is 12.9 Å². The third kappa shape index (κ3) is 2.95. The van der Waals surface area contributed by atoms with Gasteiger partial charge in [0.15, 0.2) is 11.2 Å². The monoisotopic (exact) mass is 361 g/mol. The number of hydrogen-bond donors (Lipinski definition) is 4. The van der Waals surface area contributed by atoms with Crippen LogP contribution in [-0.2, 0) is 20.9 Å². The number of nitrogens with two attached hydrogens (primary N) is 1. The van der Waals surface area contributed by atoms with Crippen LogP contribution in [0, 0.1) is 0 Å². The Hall–Kier alpha value is -1.82. The lowest BCUT2D eigenvalue weighted by Crippen LogP contribution is -2.26. The van der Waals surface area contributed by atoms with E-state index in [0.717, 1.165) is 0 Å². The highest BCUT2D eigenvalue weighted by molar-refractivity contribution is 7.46. The number of nitrogen functional groups attached to an aromatic ring is 1. The molecule has 0 spiro atoms. The number of phosphoric ester groups is 1. The Labute approximate surface area is 134 Å². The molecule has 5 N–H and O–H groups in total. The van der Waals surface area contributed by atoms with E-state index in [1.807, 2.05) is 0 Å². The Balaban J connectivity index is 2.00. The van der Waals surface area contributed by atoms with Gasteiger partial charge in [-0.25, -0.2) is 9.55 Å². The Morgan fingerprint density at radius 3 is 2.88 bits per heavy atom. The zero-order valence-electron chi connectivity index (χ0n) is 12.5. The van der Waals surface area contributed by atoms with Crippen LogP contribution in [0.5, 0.6) is 0 Å². The van der Waals surface area contributed by atoms with E-state index in [4.69, 9.17) is 20.3 Å². The number of ether oxygens (including phenoxy) is 1. The number of phosphoric acid groups is 1. The van der Waals surface area contributed by atoms with Gasteiger partial charge in [-0.05, 0) is 0 Å². The van der Waals surface area contributed by atoms with Crippen molar-refractivity contribution in [2.24, 2.45) is 7.05 Å². The minimum Gasteiger partial charge on any atom is -0.394 e.